The van der Waals surface area contributed by atoms with Gasteiger partial charge in [-0.05, 0) is 19.4 Å². The molecule has 3 rings (SSSR count). The lowest BCUT2D eigenvalue weighted by atomic mass is 10.2. The third-order valence-electron chi connectivity index (χ3n) is 3.47. The molecule has 0 spiro atoms. The van der Waals surface area contributed by atoms with Crippen molar-refractivity contribution in [3.63, 3.8) is 0 Å². The highest BCUT2D eigenvalue weighted by molar-refractivity contribution is 7.18. The van der Waals surface area contributed by atoms with Crippen LogP contribution in [0.15, 0.2) is 35.8 Å². The van der Waals surface area contributed by atoms with Crippen LogP contribution < -0.4 is 5.56 Å². The molecule has 0 bridgehead atoms. The first-order valence-electron chi connectivity index (χ1n) is 6.93. The molecule has 3 heterocycles. The number of aromatic nitrogens is 4. The zero-order valence-electron chi connectivity index (χ0n) is 12.0. The van der Waals surface area contributed by atoms with Gasteiger partial charge in [-0.1, -0.05) is 6.92 Å². The van der Waals surface area contributed by atoms with Gasteiger partial charge in [0.2, 0.25) is 0 Å². The molecule has 1 atom stereocenters. The van der Waals surface area contributed by atoms with E-state index in [0.29, 0.717) is 11.8 Å². The summed E-state index contributed by atoms with van der Waals surface area (Å²) in [6.07, 6.45) is 8.26. The summed E-state index contributed by atoms with van der Waals surface area (Å²) in [6.45, 7) is 4.08. The summed E-state index contributed by atoms with van der Waals surface area (Å²) in [5, 5.41) is 0.713. The smallest absolute Gasteiger partial charge is 0.262 e. The molecule has 0 aliphatic carbocycles. The second-order valence-electron chi connectivity index (χ2n) is 4.99. The molecule has 0 N–H and O–H groups in total. The summed E-state index contributed by atoms with van der Waals surface area (Å²) in [6, 6.07) is 1.96. The summed E-state index contributed by atoms with van der Waals surface area (Å²) in [5.74, 6) is 0. The van der Waals surface area contributed by atoms with Crippen LogP contribution in [0, 0.1) is 0 Å². The molecule has 0 amide bonds. The van der Waals surface area contributed by atoms with Crippen LogP contribution in [-0.2, 0) is 12.8 Å². The van der Waals surface area contributed by atoms with E-state index in [1.165, 1.54) is 4.88 Å². The fourth-order valence-electron chi connectivity index (χ4n) is 2.31. The van der Waals surface area contributed by atoms with Gasteiger partial charge in [-0.15, -0.1) is 11.3 Å². The SMILES string of the molecule is CCc1cc2c(=O)n([C@@H](C)Cc3cnccn3)cnc2s1. The molecule has 0 fully saturated rings. The molecule has 0 unspecified atom stereocenters. The Labute approximate surface area is 126 Å². The van der Waals surface area contributed by atoms with Crippen molar-refractivity contribution in [2.24, 2.45) is 0 Å². The van der Waals surface area contributed by atoms with E-state index in [-0.39, 0.29) is 11.6 Å². The van der Waals surface area contributed by atoms with Gasteiger partial charge >= 0.3 is 0 Å². The van der Waals surface area contributed by atoms with Crippen molar-refractivity contribution in [2.45, 2.75) is 32.7 Å². The van der Waals surface area contributed by atoms with Gasteiger partial charge in [0.15, 0.2) is 0 Å². The van der Waals surface area contributed by atoms with Crippen LogP contribution in [0.5, 0.6) is 0 Å². The Bertz CT molecular complexity index is 809. The molecule has 0 saturated carbocycles. The lowest BCUT2D eigenvalue weighted by molar-refractivity contribution is 0.517. The molecule has 0 aliphatic heterocycles. The zero-order valence-corrected chi connectivity index (χ0v) is 12.8. The van der Waals surface area contributed by atoms with E-state index in [1.54, 1.807) is 40.8 Å². The van der Waals surface area contributed by atoms with Crippen molar-refractivity contribution in [1.82, 2.24) is 19.5 Å². The molecule has 108 valence electrons. The minimum absolute atomic E-state index is 0.00363. The predicted octanol–water partition coefficient (Wildman–Crippen LogP) is 2.61. The average Bonchev–Trinajstić information content (AvgIpc) is 2.93. The van der Waals surface area contributed by atoms with E-state index < -0.39 is 0 Å². The van der Waals surface area contributed by atoms with Crippen molar-refractivity contribution < 1.29 is 0 Å². The van der Waals surface area contributed by atoms with Gasteiger partial charge in [0, 0.05) is 35.9 Å². The Morgan fingerprint density at radius 3 is 2.90 bits per heavy atom. The summed E-state index contributed by atoms with van der Waals surface area (Å²) in [4.78, 5) is 27.3. The van der Waals surface area contributed by atoms with Gasteiger partial charge in [0.25, 0.3) is 5.56 Å². The summed E-state index contributed by atoms with van der Waals surface area (Å²) in [7, 11) is 0. The lowest BCUT2D eigenvalue weighted by Crippen LogP contribution is -2.24. The molecule has 5 nitrogen and oxygen atoms in total. The first-order valence-corrected chi connectivity index (χ1v) is 7.75. The summed E-state index contributed by atoms with van der Waals surface area (Å²) >= 11 is 1.59. The maximum absolute atomic E-state index is 12.6. The highest BCUT2D eigenvalue weighted by Crippen LogP contribution is 2.22. The predicted molar refractivity (Wildman–Crippen MR) is 83.7 cm³/mol. The first-order chi connectivity index (χ1) is 10.2. The first kappa shape index (κ1) is 13.9. The number of hydrogen-bond acceptors (Lipinski definition) is 5. The third-order valence-corrected chi connectivity index (χ3v) is 4.66. The average molecular weight is 300 g/mol. The highest BCUT2D eigenvalue weighted by atomic mass is 32.1. The molecular weight excluding hydrogens is 284 g/mol. The second kappa shape index (κ2) is 5.73. The molecule has 6 heteroatoms. The van der Waals surface area contributed by atoms with Crippen molar-refractivity contribution in [1.29, 1.82) is 0 Å². The van der Waals surface area contributed by atoms with Crippen LogP contribution in [0.4, 0.5) is 0 Å². The van der Waals surface area contributed by atoms with Crippen molar-refractivity contribution >= 4 is 21.6 Å². The maximum atomic E-state index is 12.6. The quantitative estimate of drug-likeness (QED) is 0.743. The summed E-state index contributed by atoms with van der Waals surface area (Å²) in [5.41, 5.74) is 0.893. The van der Waals surface area contributed by atoms with E-state index in [2.05, 4.69) is 21.9 Å². The van der Waals surface area contributed by atoms with Crippen LogP contribution in [0.3, 0.4) is 0 Å². The molecular formula is C15H16N4OS. The van der Waals surface area contributed by atoms with E-state index in [4.69, 9.17) is 0 Å². The minimum atomic E-state index is -0.00363. The van der Waals surface area contributed by atoms with E-state index in [0.717, 1.165) is 16.9 Å². The summed E-state index contributed by atoms with van der Waals surface area (Å²) < 4.78 is 1.68. The largest absolute Gasteiger partial charge is 0.295 e. The van der Waals surface area contributed by atoms with E-state index >= 15 is 0 Å². The Morgan fingerprint density at radius 1 is 1.33 bits per heavy atom. The fourth-order valence-corrected chi connectivity index (χ4v) is 3.24. The number of hydrogen-bond donors (Lipinski definition) is 0. The van der Waals surface area contributed by atoms with Gasteiger partial charge in [0.05, 0.1) is 17.4 Å². The Morgan fingerprint density at radius 2 is 2.19 bits per heavy atom. The van der Waals surface area contributed by atoms with Crippen LogP contribution in [0.25, 0.3) is 10.2 Å². The van der Waals surface area contributed by atoms with Crippen molar-refractivity contribution in [2.75, 3.05) is 0 Å². The normalized spacial score (nSPS) is 12.7. The molecule has 0 aromatic carbocycles. The monoisotopic (exact) mass is 300 g/mol. The number of aryl methyl sites for hydroxylation is 1. The van der Waals surface area contributed by atoms with Gasteiger partial charge in [-0.2, -0.15) is 0 Å². The van der Waals surface area contributed by atoms with Gasteiger partial charge in [0.1, 0.15) is 4.83 Å². The van der Waals surface area contributed by atoms with Crippen LogP contribution >= 0.6 is 11.3 Å². The maximum Gasteiger partial charge on any atom is 0.262 e. The minimum Gasteiger partial charge on any atom is -0.295 e. The van der Waals surface area contributed by atoms with E-state index in [1.807, 2.05) is 13.0 Å². The number of rotatable bonds is 4. The molecule has 0 radical (unpaired) electrons. The zero-order chi connectivity index (χ0) is 14.8. The van der Waals surface area contributed by atoms with Crippen molar-refractivity contribution in [3.8, 4) is 0 Å². The topological polar surface area (TPSA) is 60.7 Å². The van der Waals surface area contributed by atoms with Crippen LogP contribution in [0.2, 0.25) is 0 Å². The Balaban J connectivity index is 1.96. The standard InChI is InChI=1S/C15H16N4OS/c1-3-12-7-13-14(21-12)18-9-19(15(13)20)10(2)6-11-8-16-4-5-17-11/h4-5,7-10H,3,6H2,1-2H3/t10-/m0/s1. The molecule has 21 heavy (non-hydrogen) atoms. The molecule has 3 aromatic heterocycles. The highest BCUT2D eigenvalue weighted by Gasteiger charge is 2.13. The van der Waals surface area contributed by atoms with E-state index in [9.17, 15) is 4.79 Å². The lowest BCUT2D eigenvalue weighted by Gasteiger charge is -2.13. The number of nitrogens with zero attached hydrogens (tertiary/aromatic N) is 4. The van der Waals surface area contributed by atoms with Crippen molar-refractivity contribution in [3.05, 3.63) is 51.9 Å². The second-order valence-corrected chi connectivity index (χ2v) is 6.11. The van der Waals surface area contributed by atoms with Gasteiger partial charge in [-0.3, -0.25) is 19.3 Å². The van der Waals surface area contributed by atoms with Crippen LogP contribution in [0.1, 0.15) is 30.5 Å². The van der Waals surface area contributed by atoms with Gasteiger partial charge in [-0.25, -0.2) is 4.98 Å². The molecule has 0 aliphatic rings. The molecule has 0 saturated heterocycles. The number of fused-ring (bicyclic) bond motifs is 1. The Hall–Kier alpha value is -2.08. The fraction of sp³-hybridized carbons (Fsp3) is 0.333. The molecule has 3 aromatic rings. The third kappa shape index (κ3) is 2.71. The van der Waals surface area contributed by atoms with Gasteiger partial charge < -0.3 is 0 Å². The number of thiophene rings is 1. The van der Waals surface area contributed by atoms with Crippen LogP contribution in [-0.4, -0.2) is 19.5 Å². The Kier molecular flexibility index (Phi) is 3.79.